The number of halogens is 2. The third-order valence-electron chi connectivity index (χ3n) is 4.23. The number of carbonyl (C=O) groups is 1. The maximum absolute atomic E-state index is 13.2. The quantitative estimate of drug-likeness (QED) is 0.402. The highest BCUT2D eigenvalue weighted by molar-refractivity contribution is 8.00. The summed E-state index contributed by atoms with van der Waals surface area (Å²) in [6.07, 6.45) is 1.56. The number of carbonyl (C=O) groups excluding carboxylic acids is 1. The highest BCUT2D eigenvalue weighted by atomic mass is 35.5. The minimum atomic E-state index is -0.526. The van der Waals surface area contributed by atoms with Gasteiger partial charge in [-0.3, -0.25) is 9.36 Å². The molecule has 0 spiro atoms. The van der Waals surface area contributed by atoms with Crippen LogP contribution in [0.3, 0.4) is 0 Å². The summed E-state index contributed by atoms with van der Waals surface area (Å²) in [5.74, 6) is 0.328. The number of hydrogen-bond donors (Lipinski definition) is 1. The molecule has 1 amide bonds. The Morgan fingerprint density at radius 1 is 1.17 bits per heavy atom. The smallest absolute Gasteiger partial charge is 0.237 e. The van der Waals surface area contributed by atoms with Gasteiger partial charge >= 0.3 is 0 Å². The van der Waals surface area contributed by atoms with Crippen LogP contribution in [-0.2, 0) is 4.79 Å². The lowest BCUT2D eigenvalue weighted by atomic mass is 10.3. The molecular formula is C21H16ClFN4O2S. The van der Waals surface area contributed by atoms with Crippen LogP contribution in [0.2, 0.25) is 5.02 Å². The summed E-state index contributed by atoms with van der Waals surface area (Å²) in [5, 5.41) is 11.4. The molecule has 6 nitrogen and oxygen atoms in total. The van der Waals surface area contributed by atoms with Crippen molar-refractivity contribution in [1.82, 2.24) is 14.8 Å². The van der Waals surface area contributed by atoms with Gasteiger partial charge in [0.05, 0.1) is 22.2 Å². The summed E-state index contributed by atoms with van der Waals surface area (Å²) in [6.45, 7) is 1.74. The highest BCUT2D eigenvalue weighted by Gasteiger charge is 2.23. The Balaban J connectivity index is 1.60. The van der Waals surface area contributed by atoms with E-state index in [2.05, 4.69) is 15.5 Å². The average Bonchev–Trinajstić information content (AvgIpc) is 3.40. The third kappa shape index (κ3) is 4.24. The Bertz CT molecular complexity index is 1170. The van der Waals surface area contributed by atoms with Gasteiger partial charge < -0.3 is 9.73 Å². The molecule has 2 aromatic carbocycles. The third-order valence-corrected chi connectivity index (χ3v) is 5.59. The van der Waals surface area contributed by atoms with E-state index >= 15 is 0 Å². The van der Waals surface area contributed by atoms with Crippen LogP contribution in [0, 0.1) is 5.82 Å². The zero-order valence-corrected chi connectivity index (χ0v) is 17.3. The molecule has 152 valence electrons. The number of nitrogens with one attached hydrogen (secondary N) is 1. The SMILES string of the molecule is CC(Sc1nnc(-c2ccco2)n1-c1ccccc1)C(=O)Nc1ccc(F)cc1Cl. The van der Waals surface area contributed by atoms with E-state index in [1.165, 1.54) is 23.9 Å². The Hall–Kier alpha value is -3.10. The van der Waals surface area contributed by atoms with Gasteiger partial charge in [0.2, 0.25) is 11.7 Å². The summed E-state index contributed by atoms with van der Waals surface area (Å²) >= 11 is 7.24. The van der Waals surface area contributed by atoms with Crippen molar-refractivity contribution in [3.05, 3.63) is 77.8 Å². The Labute approximate surface area is 181 Å². The molecule has 1 unspecified atom stereocenters. The fourth-order valence-corrected chi connectivity index (χ4v) is 3.84. The molecule has 0 aliphatic carbocycles. The summed E-state index contributed by atoms with van der Waals surface area (Å²) in [5.41, 5.74) is 1.18. The predicted octanol–water partition coefficient (Wildman–Crippen LogP) is 5.44. The van der Waals surface area contributed by atoms with Crippen molar-refractivity contribution in [3.63, 3.8) is 0 Å². The number of benzene rings is 2. The molecule has 0 aliphatic heterocycles. The van der Waals surface area contributed by atoms with Gasteiger partial charge in [-0.1, -0.05) is 41.6 Å². The number of aromatic nitrogens is 3. The molecule has 0 radical (unpaired) electrons. The van der Waals surface area contributed by atoms with Crippen molar-refractivity contribution in [2.24, 2.45) is 0 Å². The molecular weight excluding hydrogens is 427 g/mol. The van der Waals surface area contributed by atoms with E-state index < -0.39 is 11.1 Å². The summed E-state index contributed by atoms with van der Waals surface area (Å²) < 4.78 is 20.6. The van der Waals surface area contributed by atoms with Crippen molar-refractivity contribution in [3.8, 4) is 17.3 Å². The number of anilines is 1. The molecule has 0 fully saturated rings. The van der Waals surface area contributed by atoms with Gasteiger partial charge in [-0.25, -0.2) is 4.39 Å². The Kier molecular flexibility index (Phi) is 5.87. The maximum atomic E-state index is 13.2. The van der Waals surface area contributed by atoms with Crippen LogP contribution < -0.4 is 5.32 Å². The van der Waals surface area contributed by atoms with Gasteiger partial charge in [-0.15, -0.1) is 10.2 Å². The normalized spacial score (nSPS) is 12.0. The molecule has 0 bridgehead atoms. The zero-order chi connectivity index (χ0) is 21.1. The molecule has 9 heteroatoms. The number of furan rings is 1. The van der Waals surface area contributed by atoms with E-state index in [1.54, 1.807) is 25.3 Å². The monoisotopic (exact) mass is 442 g/mol. The van der Waals surface area contributed by atoms with Crippen molar-refractivity contribution in [2.45, 2.75) is 17.3 Å². The number of hydrogen-bond acceptors (Lipinski definition) is 5. The number of rotatable bonds is 6. The summed E-state index contributed by atoms with van der Waals surface area (Å²) in [6, 6.07) is 16.9. The van der Waals surface area contributed by atoms with E-state index in [9.17, 15) is 9.18 Å². The van der Waals surface area contributed by atoms with Crippen LogP contribution in [0.1, 0.15) is 6.92 Å². The average molecular weight is 443 g/mol. The van der Waals surface area contributed by atoms with E-state index in [4.69, 9.17) is 16.0 Å². The number of amides is 1. The Morgan fingerprint density at radius 2 is 1.97 bits per heavy atom. The largest absolute Gasteiger partial charge is 0.461 e. The highest BCUT2D eigenvalue weighted by Crippen LogP contribution is 2.31. The van der Waals surface area contributed by atoms with Crippen LogP contribution in [0.5, 0.6) is 0 Å². The van der Waals surface area contributed by atoms with Crippen molar-refractivity contribution in [1.29, 1.82) is 0 Å². The second kappa shape index (κ2) is 8.73. The molecule has 0 aliphatic rings. The van der Waals surface area contributed by atoms with Gasteiger partial charge in [0.1, 0.15) is 5.82 Å². The molecule has 1 atom stereocenters. The minimum Gasteiger partial charge on any atom is -0.461 e. The fraction of sp³-hybridized carbons (Fsp3) is 0.0952. The lowest BCUT2D eigenvalue weighted by molar-refractivity contribution is -0.115. The van der Waals surface area contributed by atoms with Gasteiger partial charge in [0.25, 0.3) is 0 Å². The lowest BCUT2D eigenvalue weighted by Crippen LogP contribution is -2.23. The Morgan fingerprint density at radius 3 is 2.67 bits per heavy atom. The number of para-hydroxylation sites is 1. The second-order valence-electron chi connectivity index (χ2n) is 6.33. The number of thioether (sulfide) groups is 1. The molecule has 0 saturated heterocycles. The molecule has 4 aromatic rings. The summed E-state index contributed by atoms with van der Waals surface area (Å²) in [4.78, 5) is 12.7. The van der Waals surface area contributed by atoms with Gasteiger partial charge in [0.15, 0.2) is 10.9 Å². The van der Waals surface area contributed by atoms with E-state index in [1.807, 2.05) is 34.9 Å². The van der Waals surface area contributed by atoms with Crippen LogP contribution in [-0.4, -0.2) is 25.9 Å². The second-order valence-corrected chi connectivity index (χ2v) is 8.04. The van der Waals surface area contributed by atoms with E-state index in [0.29, 0.717) is 22.4 Å². The topological polar surface area (TPSA) is 73.0 Å². The van der Waals surface area contributed by atoms with Crippen LogP contribution in [0.4, 0.5) is 10.1 Å². The molecule has 4 rings (SSSR count). The first-order valence-corrected chi connectivity index (χ1v) is 10.3. The fourth-order valence-electron chi connectivity index (χ4n) is 2.76. The summed E-state index contributed by atoms with van der Waals surface area (Å²) in [7, 11) is 0. The first-order chi connectivity index (χ1) is 14.5. The van der Waals surface area contributed by atoms with Crippen molar-refractivity contribution in [2.75, 3.05) is 5.32 Å². The first-order valence-electron chi connectivity index (χ1n) is 9.00. The van der Waals surface area contributed by atoms with E-state index in [0.717, 1.165) is 11.8 Å². The molecule has 2 heterocycles. The van der Waals surface area contributed by atoms with Crippen molar-refractivity contribution < 1.29 is 13.6 Å². The van der Waals surface area contributed by atoms with Gasteiger partial charge in [-0.05, 0) is 49.4 Å². The van der Waals surface area contributed by atoms with Crippen molar-refractivity contribution >= 4 is 35.0 Å². The van der Waals surface area contributed by atoms with Crippen LogP contribution in [0.15, 0.2) is 76.5 Å². The maximum Gasteiger partial charge on any atom is 0.237 e. The first kappa shape index (κ1) is 20.2. The lowest BCUT2D eigenvalue weighted by Gasteiger charge is -2.14. The molecule has 2 aromatic heterocycles. The van der Waals surface area contributed by atoms with Gasteiger partial charge in [-0.2, -0.15) is 0 Å². The van der Waals surface area contributed by atoms with E-state index in [-0.39, 0.29) is 10.9 Å². The molecule has 30 heavy (non-hydrogen) atoms. The zero-order valence-electron chi connectivity index (χ0n) is 15.8. The predicted molar refractivity (Wildman–Crippen MR) is 114 cm³/mol. The molecule has 1 N–H and O–H groups in total. The number of nitrogens with zero attached hydrogens (tertiary/aromatic N) is 3. The van der Waals surface area contributed by atoms with Gasteiger partial charge in [0, 0.05) is 5.69 Å². The van der Waals surface area contributed by atoms with Crippen LogP contribution >= 0.6 is 23.4 Å². The van der Waals surface area contributed by atoms with Crippen LogP contribution in [0.25, 0.3) is 17.3 Å². The molecule has 0 saturated carbocycles. The minimum absolute atomic E-state index is 0.133. The standard InChI is InChI=1S/C21H16ClFN4O2S/c1-13(20(28)24-17-10-9-14(23)12-16(17)22)30-21-26-25-19(18-8-5-11-29-18)27(21)15-6-3-2-4-7-15/h2-13H,1H3,(H,24,28).